The second-order valence-corrected chi connectivity index (χ2v) is 11.2. The maximum Gasteiger partial charge on any atom is 0.247 e. The molecule has 0 bridgehead atoms. The van der Waals surface area contributed by atoms with E-state index < -0.39 is 31.4 Å². The highest BCUT2D eigenvalue weighted by atomic mass is 32.2. The van der Waals surface area contributed by atoms with Crippen LogP contribution in [-0.4, -0.2) is 28.5 Å². The predicted molar refractivity (Wildman–Crippen MR) is 99.8 cm³/mol. The lowest BCUT2D eigenvalue weighted by molar-refractivity contribution is -0.123. The summed E-state index contributed by atoms with van der Waals surface area (Å²) >= 11 is 1.44. The molecule has 0 aliphatic carbocycles. The summed E-state index contributed by atoms with van der Waals surface area (Å²) in [6, 6.07) is 8.90. The van der Waals surface area contributed by atoms with Gasteiger partial charge in [-0.25, -0.2) is 25.9 Å². The topological polar surface area (TPSA) is 101 Å². The summed E-state index contributed by atoms with van der Waals surface area (Å²) in [6.07, 6.45) is 0. The number of nitrogens with one attached hydrogen (secondary N) is 1. The number of sulfonamides is 2. The second kappa shape index (κ2) is 6.45. The lowest BCUT2D eigenvalue weighted by Gasteiger charge is -2.17. The van der Waals surface area contributed by atoms with Crippen molar-refractivity contribution in [1.29, 1.82) is 0 Å². The quantitative estimate of drug-likeness (QED) is 0.806. The Morgan fingerprint density at radius 1 is 1.19 bits per heavy atom. The van der Waals surface area contributed by atoms with Crippen molar-refractivity contribution < 1.29 is 21.6 Å². The molecule has 1 aliphatic heterocycles. The summed E-state index contributed by atoms with van der Waals surface area (Å²) in [6.45, 7) is 3.31. The van der Waals surface area contributed by atoms with E-state index in [2.05, 4.69) is 4.72 Å². The van der Waals surface area contributed by atoms with Crippen molar-refractivity contribution in [2.45, 2.75) is 25.3 Å². The lowest BCUT2D eigenvalue weighted by Crippen LogP contribution is -2.33. The highest BCUT2D eigenvalue weighted by Crippen LogP contribution is 2.35. The maximum atomic E-state index is 12.4. The van der Waals surface area contributed by atoms with E-state index in [1.54, 1.807) is 13.8 Å². The fraction of sp³-hybridized carbons (Fsp3) is 0.312. The van der Waals surface area contributed by atoms with Crippen LogP contribution in [0.25, 0.3) is 0 Å². The Bertz CT molecular complexity index is 1020. The number of nitrogens with zero attached hydrogens (tertiary/aromatic N) is 1. The van der Waals surface area contributed by atoms with Gasteiger partial charge >= 0.3 is 0 Å². The van der Waals surface area contributed by atoms with E-state index in [1.165, 1.54) is 35.6 Å². The smallest absolute Gasteiger partial charge is 0.247 e. The Labute approximate surface area is 156 Å². The van der Waals surface area contributed by atoms with E-state index in [0.29, 0.717) is 0 Å². The van der Waals surface area contributed by atoms with Crippen molar-refractivity contribution in [2.24, 2.45) is 5.41 Å². The Balaban J connectivity index is 1.83. The molecule has 1 aromatic heterocycles. The van der Waals surface area contributed by atoms with Crippen LogP contribution in [0.15, 0.2) is 46.7 Å². The molecular formula is C16H18N2O5S3. The van der Waals surface area contributed by atoms with Gasteiger partial charge in [-0.2, -0.15) is 0 Å². The molecule has 1 saturated heterocycles. The van der Waals surface area contributed by atoms with E-state index in [9.17, 15) is 21.6 Å². The monoisotopic (exact) mass is 414 g/mol. The van der Waals surface area contributed by atoms with Crippen molar-refractivity contribution in [2.75, 3.05) is 10.1 Å². The van der Waals surface area contributed by atoms with Gasteiger partial charge in [-0.1, -0.05) is 6.07 Å². The first-order valence-corrected chi connectivity index (χ1v) is 11.7. The van der Waals surface area contributed by atoms with Crippen LogP contribution in [0.3, 0.4) is 0 Å². The van der Waals surface area contributed by atoms with Crippen molar-refractivity contribution in [3.8, 4) is 0 Å². The first-order valence-electron chi connectivity index (χ1n) is 7.72. The molecule has 0 spiro atoms. The zero-order valence-electron chi connectivity index (χ0n) is 14.2. The molecule has 1 aromatic carbocycles. The van der Waals surface area contributed by atoms with Crippen LogP contribution in [0.4, 0.5) is 5.69 Å². The molecule has 0 atom stereocenters. The van der Waals surface area contributed by atoms with Crippen LogP contribution in [0.2, 0.25) is 0 Å². The van der Waals surface area contributed by atoms with Gasteiger partial charge in [0.05, 0.1) is 21.8 Å². The SMILES string of the molecule is CC1(C)CS(=O)(=O)N(c2ccc(S(=O)(=O)NCc3cccs3)cc2)C1=O. The van der Waals surface area contributed by atoms with E-state index in [4.69, 9.17) is 0 Å². The zero-order chi connectivity index (χ0) is 19.2. The molecule has 26 heavy (non-hydrogen) atoms. The Kier molecular flexibility index (Phi) is 4.72. The van der Waals surface area contributed by atoms with E-state index in [1.807, 2.05) is 17.5 Å². The highest BCUT2D eigenvalue weighted by molar-refractivity contribution is 7.94. The molecule has 0 unspecified atom stereocenters. The molecule has 2 aromatic rings. The number of carbonyl (C=O) groups excluding carboxylic acids is 1. The number of amides is 1. The van der Waals surface area contributed by atoms with Gasteiger partial charge in [0.1, 0.15) is 0 Å². The molecule has 7 nitrogen and oxygen atoms in total. The Morgan fingerprint density at radius 3 is 2.35 bits per heavy atom. The van der Waals surface area contributed by atoms with Gasteiger partial charge in [-0.3, -0.25) is 4.79 Å². The molecule has 0 radical (unpaired) electrons. The van der Waals surface area contributed by atoms with Gasteiger partial charge in [-0.15, -0.1) is 11.3 Å². The van der Waals surface area contributed by atoms with E-state index >= 15 is 0 Å². The predicted octanol–water partition coefficient (Wildman–Crippen LogP) is 1.93. The number of anilines is 1. The third-order valence-electron chi connectivity index (χ3n) is 3.98. The molecule has 1 fully saturated rings. The Hall–Kier alpha value is -1.75. The number of thiophene rings is 1. The first kappa shape index (κ1) is 19.0. The summed E-state index contributed by atoms with van der Waals surface area (Å²) in [7, 11) is -7.50. The van der Waals surface area contributed by atoms with Crippen LogP contribution in [0, 0.1) is 5.41 Å². The molecule has 1 amide bonds. The van der Waals surface area contributed by atoms with E-state index in [0.717, 1.165) is 9.18 Å². The largest absolute Gasteiger partial charge is 0.273 e. The molecule has 1 aliphatic rings. The van der Waals surface area contributed by atoms with E-state index in [-0.39, 0.29) is 22.9 Å². The van der Waals surface area contributed by atoms with Crippen molar-refractivity contribution in [3.05, 3.63) is 46.7 Å². The minimum atomic E-state index is -3.77. The van der Waals surface area contributed by atoms with Crippen LogP contribution < -0.4 is 9.03 Å². The third-order valence-corrected chi connectivity index (χ3v) is 8.30. The molecular weight excluding hydrogens is 396 g/mol. The van der Waals surface area contributed by atoms with Gasteiger partial charge < -0.3 is 0 Å². The fourth-order valence-electron chi connectivity index (χ4n) is 2.68. The summed E-state index contributed by atoms with van der Waals surface area (Å²) in [4.78, 5) is 13.3. The minimum Gasteiger partial charge on any atom is -0.273 e. The molecule has 10 heteroatoms. The fourth-order valence-corrected chi connectivity index (χ4v) is 6.53. The molecule has 0 saturated carbocycles. The summed E-state index contributed by atoms with van der Waals surface area (Å²) in [5, 5.41) is 1.85. The number of carbonyl (C=O) groups is 1. The highest BCUT2D eigenvalue weighted by Gasteiger charge is 2.49. The summed E-state index contributed by atoms with van der Waals surface area (Å²) in [5.41, 5.74) is -0.871. The van der Waals surface area contributed by atoms with Crippen molar-refractivity contribution in [3.63, 3.8) is 0 Å². The van der Waals surface area contributed by atoms with Crippen LogP contribution in [0.1, 0.15) is 18.7 Å². The molecule has 1 N–H and O–H groups in total. The first-order chi connectivity index (χ1) is 12.0. The minimum absolute atomic E-state index is 0.00103. The number of hydrogen-bond donors (Lipinski definition) is 1. The van der Waals surface area contributed by atoms with Crippen LogP contribution >= 0.6 is 11.3 Å². The average Bonchev–Trinajstić information content (AvgIpc) is 3.10. The lowest BCUT2D eigenvalue weighted by atomic mass is 9.95. The van der Waals surface area contributed by atoms with Gasteiger partial charge in [0, 0.05) is 11.4 Å². The molecule has 3 rings (SSSR count). The van der Waals surface area contributed by atoms with Crippen LogP contribution in [0.5, 0.6) is 0 Å². The van der Waals surface area contributed by atoms with Gasteiger partial charge in [0.25, 0.3) is 0 Å². The Morgan fingerprint density at radius 2 is 1.85 bits per heavy atom. The molecule has 2 heterocycles. The number of rotatable bonds is 5. The summed E-state index contributed by atoms with van der Waals surface area (Å²) < 4.78 is 52.5. The van der Waals surface area contributed by atoms with Crippen LogP contribution in [-0.2, 0) is 31.4 Å². The maximum absolute atomic E-state index is 12.4. The summed E-state index contributed by atoms with van der Waals surface area (Å²) in [5.74, 6) is -0.801. The van der Waals surface area contributed by atoms with Gasteiger partial charge in [0.15, 0.2) is 0 Å². The number of hydrogen-bond acceptors (Lipinski definition) is 6. The second-order valence-electron chi connectivity index (χ2n) is 6.61. The van der Waals surface area contributed by atoms with Gasteiger partial charge in [0.2, 0.25) is 26.0 Å². The third kappa shape index (κ3) is 3.54. The number of benzene rings is 1. The normalized spacial score (nSPS) is 19.0. The van der Waals surface area contributed by atoms with Crippen molar-refractivity contribution in [1.82, 2.24) is 4.72 Å². The average molecular weight is 415 g/mol. The zero-order valence-corrected chi connectivity index (χ0v) is 16.6. The standard InChI is InChI=1S/C16H18N2O5S3/c1-16(2)11-25(20,21)18(15(16)19)12-5-7-14(8-6-12)26(22,23)17-10-13-4-3-9-24-13/h3-9,17H,10-11H2,1-2H3. The van der Waals surface area contributed by atoms with Crippen molar-refractivity contribution >= 4 is 43.0 Å². The van der Waals surface area contributed by atoms with Gasteiger partial charge in [-0.05, 0) is 49.6 Å². The molecule has 140 valence electrons.